The molecule has 1 saturated heterocycles. The number of thioether (sulfide) groups is 2. The number of carbonyl (C=O) groups excluding carboxylic acids is 2. The fourth-order valence-electron chi connectivity index (χ4n) is 3.46. The van der Waals surface area contributed by atoms with Crippen LogP contribution in [0.1, 0.15) is 31.2 Å². The van der Waals surface area contributed by atoms with Gasteiger partial charge in [-0.05, 0) is 32.3 Å². The summed E-state index contributed by atoms with van der Waals surface area (Å²) in [5.74, 6) is -2.46. The van der Waals surface area contributed by atoms with Crippen molar-refractivity contribution in [2.75, 3.05) is 11.5 Å². The predicted octanol–water partition coefficient (Wildman–Crippen LogP) is 0.650. The van der Waals surface area contributed by atoms with E-state index in [0.29, 0.717) is 17.1 Å². The lowest BCUT2D eigenvalue weighted by molar-refractivity contribution is -0.156. The molecule has 1 fully saturated rings. The Morgan fingerprint density at radius 1 is 1.38 bits per heavy atom. The normalized spacial score (nSPS) is 23.4. The molecule has 2 aliphatic rings. The van der Waals surface area contributed by atoms with Crippen LogP contribution in [-0.2, 0) is 19.2 Å². The van der Waals surface area contributed by atoms with E-state index in [9.17, 15) is 24.3 Å². The Balaban J connectivity index is 1.65. The zero-order valence-electron chi connectivity index (χ0n) is 17.4. The highest BCUT2D eigenvalue weighted by atomic mass is 32.2. The molecule has 5 N–H and O–H groups in total. The number of aromatic nitrogens is 2. The molecule has 0 unspecified atom stereocenters. The molecule has 0 spiro atoms. The monoisotopic (exact) mass is 501 g/mol. The number of carboxylic acid groups (broad SMARTS) is 2. The molecule has 3 atom stereocenters. The van der Waals surface area contributed by atoms with Gasteiger partial charge >= 0.3 is 11.9 Å². The van der Waals surface area contributed by atoms with Crippen molar-refractivity contribution >= 4 is 58.6 Å². The van der Waals surface area contributed by atoms with Gasteiger partial charge < -0.3 is 21.3 Å². The summed E-state index contributed by atoms with van der Waals surface area (Å²) in [5.41, 5.74) is 5.98. The van der Waals surface area contributed by atoms with Gasteiger partial charge in [0.1, 0.15) is 27.7 Å². The molecule has 3 rings (SSSR count). The van der Waals surface area contributed by atoms with Crippen molar-refractivity contribution in [2.45, 2.75) is 54.4 Å². The van der Waals surface area contributed by atoms with Crippen molar-refractivity contribution in [3.63, 3.8) is 0 Å². The highest BCUT2D eigenvalue weighted by Gasteiger charge is 2.62. The Morgan fingerprint density at radius 3 is 2.69 bits per heavy atom. The minimum Gasteiger partial charge on any atom is -0.480 e. The van der Waals surface area contributed by atoms with Crippen molar-refractivity contribution in [3.8, 4) is 0 Å². The summed E-state index contributed by atoms with van der Waals surface area (Å²) in [7, 11) is 0. The maximum Gasteiger partial charge on any atom is 0.352 e. The molecule has 32 heavy (non-hydrogen) atoms. The van der Waals surface area contributed by atoms with Crippen molar-refractivity contribution < 1.29 is 29.4 Å². The molecular weight excluding hydrogens is 478 g/mol. The molecule has 14 heteroatoms. The standard InChI is InChI=1S/C18H23N5O6S3/c1-8-21-22-17(32-8)30-6-9-7-31-18(2)13(14(25)23(18)12(9)16(28)29)20-11(24)5-3-4-10(19)15(26)27/h10,13H,3-7,19H2,1-2H3,(H,20,24)(H,26,27)(H,28,29)/t10-,13-,18-/m1/s1. The van der Waals surface area contributed by atoms with E-state index in [4.69, 9.17) is 10.8 Å². The number of hydrogen-bond donors (Lipinski definition) is 4. The summed E-state index contributed by atoms with van der Waals surface area (Å²) in [4.78, 5) is 48.2. The molecule has 1 aromatic rings. The molecule has 11 nitrogen and oxygen atoms in total. The molecule has 0 aromatic carbocycles. The Bertz CT molecular complexity index is 982. The van der Waals surface area contributed by atoms with Gasteiger partial charge in [-0.25, -0.2) is 4.79 Å². The average molecular weight is 502 g/mol. The average Bonchev–Trinajstić information content (AvgIpc) is 3.15. The van der Waals surface area contributed by atoms with Crippen LogP contribution in [0.4, 0.5) is 0 Å². The summed E-state index contributed by atoms with van der Waals surface area (Å²) >= 11 is 4.18. The number of carbonyl (C=O) groups is 4. The first-order valence-electron chi connectivity index (χ1n) is 9.68. The van der Waals surface area contributed by atoms with Crippen LogP contribution in [0, 0.1) is 6.92 Å². The SMILES string of the molecule is Cc1nnc(SCC2=C(C(=O)O)N3C(=O)[C@@H](NC(=O)CCC[C@@H](N)C(=O)O)[C@@]3(C)SC2)s1. The van der Waals surface area contributed by atoms with Gasteiger partial charge in [-0.15, -0.1) is 22.0 Å². The number of β-lactam (4-membered cyclic amide) rings is 1. The summed E-state index contributed by atoms with van der Waals surface area (Å²) in [6, 6.07) is -1.90. The first-order chi connectivity index (χ1) is 15.0. The van der Waals surface area contributed by atoms with Gasteiger partial charge in [0.05, 0.1) is 0 Å². The number of nitrogens with one attached hydrogen (secondary N) is 1. The van der Waals surface area contributed by atoms with Crippen LogP contribution in [-0.4, -0.2) is 77.5 Å². The van der Waals surface area contributed by atoms with E-state index < -0.39 is 40.7 Å². The molecule has 0 bridgehead atoms. The van der Waals surface area contributed by atoms with E-state index in [1.54, 1.807) is 6.92 Å². The van der Waals surface area contributed by atoms with Crippen LogP contribution >= 0.6 is 34.9 Å². The van der Waals surface area contributed by atoms with Crippen molar-refractivity contribution in [1.82, 2.24) is 20.4 Å². The zero-order valence-corrected chi connectivity index (χ0v) is 19.8. The number of aryl methyl sites for hydroxylation is 1. The van der Waals surface area contributed by atoms with Crippen LogP contribution in [0.25, 0.3) is 0 Å². The van der Waals surface area contributed by atoms with E-state index in [0.717, 1.165) is 9.35 Å². The molecular formula is C18H23N5O6S3. The van der Waals surface area contributed by atoms with E-state index >= 15 is 0 Å². The molecule has 174 valence electrons. The second-order valence-electron chi connectivity index (χ2n) is 7.49. The first-order valence-corrected chi connectivity index (χ1v) is 12.5. The van der Waals surface area contributed by atoms with Crippen LogP contribution in [0.5, 0.6) is 0 Å². The molecule has 2 amide bonds. The highest BCUT2D eigenvalue weighted by Crippen LogP contribution is 2.50. The van der Waals surface area contributed by atoms with Crippen molar-refractivity contribution in [2.24, 2.45) is 5.73 Å². The van der Waals surface area contributed by atoms with Gasteiger partial charge in [0.25, 0.3) is 5.91 Å². The van der Waals surface area contributed by atoms with E-state index in [1.165, 1.54) is 39.8 Å². The summed E-state index contributed by atoms with van der Waals surface area (Å²) < 4.78 is 0.723. The summed E-state index contributed by atoms with van der Waals surface area (Å²) in [5, 5.41) is 30.0. The Labute approximate surface area is 196 Å². The Hall–Kier alpha value is -2.16. The van der Waals surface area contributed by atoms with Gasteiger partial charge in [-0.2, -0.15) is 0 Å². The maximum atomic E-state index is 12.8. The third kappa shape index (κ3) is 4.92. The van der Waals surface area contributed by atoms with Crippen LogP contribution in [0.15, 0.2) is 15.6 Å². The number of rotatable bonds is 10. The number of hydrogen-bond acceptors (Lipinski definition) is 10. The lowest BCUT2D eigenvalue weighted by Gasteiger charge is -2.57. The van der Waals surface area contributed by atoms with Gasteiger partial charge in [0.15, 0.2) is 4.34 Å². The lowest BCUT2D eigenvalue weighted by atomic mass is 9.92. The molecule has 1 aromatic heterocycles. The maximum absolute atomic E-state index is 12.8. The predicted molar refractivity (Wildman–Crippen MR) is 119 cm³/mol. The zero-order chi connectivity index (χ0) is 23.6. The van der Waals surface area contributed by atoms with Crippen LogP contribution in [0.3, 0.4) is 0 Å². The third-order valence-electron chi connectivity index (χ3n) is 5.17. The number of nitrogens with two attached hydrogens (primary N) is 1. The molecule has 2 aliphatic heterocycles. The topological polar surface area (TPSA) is 176 Å². The van der Waals surface area contributed by atoms with Gasteiger partial charge in [-0.3, -0.25) is 19.3 Å². The molecule has 0 aliphatic carbocycles. The molecule has 0 radical (unpaired) electrons. The largest absolute Gasteiger partial charge is 0.480 e. The summed E-state index contributed by atoms with van der Waals surface area (Å²) in [6.45, 7) is 3.56. The Kier molecular flexibility index (Phi) is 7.47. The third-order valence-corrected chi connectivity index (χ3v) is 8.72. The van der Waals surface area contributed by atoms with E-state index in [-0.39, 0.29) is 25.0 Å². The van der Waals surface area contributed by atoms with Gasteiger partial charge in [-0.1, -0.05) is 23.1 Å². The minimum absolute atomic E-state index is 0.0241. The lowest BCUT2D eigenvalue weighted by Crippen LogP contribution is -2.77. The fraction of sp³-hybridized carbons (Fsp3) is 0.556. The molecule has 3 heterocycles. The number of amides is 2. The second-order valence-corrected chi connectivity index (χ2v) is 11.3. The molecule has 0 saturated carbocycles. The van der Waals surface area contributed by atoms with Crippen molar-refractivity contribution in [1.29, 1.82) is 0 Å². The number of fused-ring (bicyclic) bond motifs is 1. The first kappa shape index (κ1) is 24.5. The van der Waals surface area contributed by atoms with Gasteiger partial charge in [0, 0.05) is 17.9 Å². The van der Waals surface area contributed by atoms with E-state index in [1.807, 2.05) is 6.92 Å². The number of aliphatic carboxylic acids is 2. The number of nitrogens with zero attached hydrogens (tertiary/aromatic N) is 3. The van der Waals surface area contributed by atoms with Gasteiger partial charge in [0.2, 0.25) is 5.91 Å². The van der Waals surface area contributed by atoms with E-state index in [2.05, 4.69) is 15.5 Å². The fourth-order valence-corrected chi connectivity index (χ4v) is 6.75. The quantitative estimate of drug-likeness (QED) is 0.261. The second kappa shape index (κ2) is 9.77. The van der Waals surface area contributed by atoms with Crippen LogP contribution in [0.2, 0.25) is 0 Å². The minimum atomic E-state index is -1.19. The van der Waals surface area contributed by atoms with Crippen LogP contribution < -0.4 is 11.1 Å². The number of carboxylic acids is 2. The Morgan fingerprint density at radius 2 is 2.09 bits per heavy atom. The van der Waals surface area contributed by atoms with Crippen molar-refractivity contribution in [3.05, 3.63) is 16.3 Å². The summed E-state index contributed by atoms with van der Waals surface area (Å²) in [6.07, 6.45) is 0.428. The highest BCUT2D eigenvalue weighted by molar-refractivity contribution is 8.02. The smallest absolute Gasteiger partial charge is 0.352 e.